The van der Waals surface area contributed by atoms with Crippen molar-refractivity contribution in [3.05, 3.63) is 30.1 Å². The predicted octanol–water partition coefficient (Wildman–Crippen LogP) is 2.34. The maximum atomic E-state index is 13.8. The number of benzene rings is 1. The van der Waals surface area contributed by atoms with E-state index in [4.69, 9.17) is 10.9 Å². The van der Waals surface area contributed by atoms with Gasteiger partial charge in [0.25, 0.3) is 0 Å². The fourth-order valence-electron chi connectivity index (χ4n) is 2.27. The van der Waals surface area contributed by atoms with Crippen LogP contribution >= 0.6 is 0 Å². The van der Waals surface area contributed by atoms with E-state index in [1.54, 1.807) is 26.0 Å². The van der Waals surface area contributed by atoms with Crippen molar-refractivity contribution in [2.24, 2.45) is 16.3 Å². The van der Waals surface area contributed by atoms with Crippen LogP contribution in [-0.4, -0.2) is 24.0 Å². The number of amidine groups is 1. The molecule has 0 aromatic heterocycles. The summed E-state index contributed by atoms with van der Waals surface area (Å²) in [5.41, 5.74) is 4.72. The first-order chi connectivity index (χ1) is 9.44. The minimum atomic E-state index is -1.13. The maximum absolute atomic E-state index is 13.8. The topological polar surface area (TPSA) is 78.9 Å². The van der Waals surface area contributed by atoms with Gasteiger partial charge in [-0.2, -0.15) is 0 Å². The van der Waals surface area contributed by atoms with Crippen LogP contribution in [0.3, 0.4) is 0 Å². The molecule has 0 aliphatic rings. The van der Waals surface area contributed by atoms with Gasteiger partial charge in [-0.15, -0.1) is 0 Å². The van der Waals surface area contributed by atoms with Gasteiger partial charge in [0, 0.05) is 7.05 Å². The van der Waals surface area contributed by atoms with Crippen LogP contribution in [0.5, 0.6) is 0 Å². The maximum Gasteiger partial charge on any atom is 0.240 e. The van der Waals surface area contributed by atoms with Crippen molar-refractivity contribution in [3.8, 4) is 0 Å². The molecule has 6 heteroatoms. The van der Waals surface area contributed by atoms with Crippen LogP contribution in [0, 0.1) is 11.2 Å². The molecule has 0 heterocycles. The number of nitrogens with zero attached hydrogens (tertiary/aromatic N) is 2. The molecule has 3 N–H and O–H groups in total. The molecule has 0 saturated carbocycles. The molecule has 20 heavy (non-hydrogen) atoms. The Morgan fingerprint density at radius 2 is 1.95 bits per heavy atom. The van der Waals surface area contributed by atoms with Gasteiger partial charge in [0.05, 0.1) is 5.69 Å². The number of rotatable bonds is 5. The summed E-state index contributed by atoms with van der Waals surface area (Å²) in [6.07, 6.45) is 0.716. The largest absolute Gasteiger partial charge is 0.409 e. The number of oxime groups is 1. The molecular formula is C14H20FN3O2. The first-order valence-corrected chi connectivity index (χ1v) is 6.45. The van der Waals surface area contributed by atoms with Gasteiger partial charge in [-0.1, -0.05) is 31.1 Å². The number of hydrogen-bond acceptors (Lipinski definition) is 3. The summed E-state index contributed by atoms with van der Waals surface area (Å²) in [5.74, 6) is -1.05. The van der Waals surface area contributed by atoms with E-state index >= 15 is 0 Å². The summed E-state index contributed by atoms with van der Waals surface area (Å²) in [4.78, 5) is 13.9. The van der Waals surface area contributed by atoms with Crippen LogP contribution in [0.25, 0.3) is 0 Å². The molecule has 0 saturated heterocycles. The molecule has 0 bridgehead atoms. The Hall–Kier alpha value is -2.11. The zero-order valence-electron chi connectivity index (χ0n) is 11.9. The third kappa shape index (κ3) is 2.59. The molecule has 5 nitrogen and oxygen atoms in total. The second-order valence-electron chi connectivity index (χ2n) is 4.59. The van der Waals surface area contributed by atoms with E-state index in [9.17, 15) is 9.18 Å². The Balaban J connectivity index is 3.24. The lowest BCUT2D eigenvalue weighted by Gasteiger charge is -2.33. The minimum absolute atomic E-state index is 0.157. The number of amides is 1. The van der Waals surface area contributed by atoms with Gasteiger partial charge in [-0.25, -0.2) is 4.39 Å². The highest BCUT2D eigenvalue weighted by Gasteiger charge is 2.42. The Labute approximate surface area is 117 Å². The van der Waals surface area contributed by atoms with Crippen LogP contribution in [0.15, 0.2) is 29.4 Å². The highest BCUT2D eigenvalue weighted by Crippen LogP contribution is 2.31. The molecule has 0 radical (unpaired) electrons. The summed E-state index contributed by atoms with van der Waals surface area (Å²) >= 11 is 0. The highest BCUT2D eigenvalue weighted by molar-refractivity contribution is 6.12. The van der Waals surface area contributed by atoms with E-state index in [0.29, 0.717) is 12.8 Å². The molecule has 0 spiro atoms. The van der Waals surface area contributed by atoms with E-state index in [-0.39, 0.29) is 11.5 Å². The van der Waals surface area contributed by atoms with Gasteiger partial charge in [0.2, 0.25) is 5.91 Å². The molecule has 110 valence electrons. The van der Waals surface area contributed by atoms with Crippen molar-refractivity contribution >= 4 is 17.4 Å². The quantitative estimate of drug-likeness (QED) is 0.376. The van der Waals surface area contributed by atoms with Gasteiger partial charge in [0.15, 0.2) is 5.84 Å². The zero-order chi connectivity index (χ0) is 15.3. The number of anilines is 1. The van der Waals surface area contributed by atoms with E-state index in [2.05, 4.69) is 5.16 Å². The number of hydrogen-bond donors (Lipinski definition) is 2. The SMILES string of the molecule is CCC(CC)(C(=O)N(C)c1ccccc1F)C(N)=NO. The zero-order valence-corrected chi connectivity index (χ0v) is 11.9. The van der Waals surface area contributed by atoms with Crippen molar-refractivity contribution < 1.29 is 14.4 Å². The van der Waals surface area contributed by atoms with Gasteiger partial charge < -0.3 is 15.8 Å². The van der Waals surface area contributed by atoms with Gasteiger partial charge >= 0.3 is 0 Å². The van der Waals surface area contributed by atoms with Crippen molar-refractivity contribution in [3.63, 3.8) is 0 Å². The summed E-state index contributed by atoms with van der Waals surface area (Å²) in [6.45, 7) is 3.54. The molecule has 0 aliphatic carbocycles. The average Bonchev–Trinajstić information content (AvgIpc) is 2.48. The molecule has 1 amide bonds. The third-order valence-electron chi connectivity index (χ3n) is 3.73. The number of carbonyl (C=O) groups is 1. The summed E-state index contributed by atoms with van der Waals surface area (Å²) in [6, 6.07) is 5.98. The molecule has 1 aromatic carbocycles. The molecular weight excluding hydrogens is 261 g/mol. The van der Waals surface area contributed by atoms with Gasteiger partial charge in [-0.3, -0.25) is 4.79 Å². The second-order valence-corrected chi connectivity index (χ2v) is 4.59. The lowest BCUT2D eigenvalue weighted by Crippen LogP contribution is -2.50. The van der Waals surface area contributed by atoms with Crippen LogP contribution < -0.4 is 10.6 Å². The molecule has 0 atom stereocenters. The fraction of sp³-hybridized carbons (Fsp3) is 0.429. The van der Waals surface area contributed by atoms with Crippen LogP contribution in [0.2, 0.25) is 0 Å². The van der Waals surface area contributed by atoms with E-state index < -0.39 is 17.1 Å². The van der Waals surface area contributed by atoms with Crippen molar-refractivity contribution in [2.75, 3.05) is 11.9 Å². The predicted molar refractivity (Wildman–Crippen MR) is 76.2 cm³/mol. The minimum Gasteiger partial charge on any atom is -0.409 e. The van der Waals surface area contributed by atoms with Crippen molar-refractivity contribution in [2.45, 2.75) is 26.7 Å². The number of carbonyl (C=O) groups excluding carboxylic acids is 1. The monoisotopic (exact) mass is 281 g/mol. The second kappa shape index (κ2) is 6.36. The van der Waals surface area contributed by atoms with Crippen LogP contribution in [0.1, 0.15) is 26.7 Å². The Kier molecular flexibility index (Phi) is 5.07. The fourth-order valence-corrected chi connectivity index (χ4v) is 2.27. The third-order valence-corrected chi connectivity index (χ3v) is 3.73. The lowest BCUT2D eigenvalue weighted by atomic mass is 9.79. The number of halogens is 1. The summed E-state index contributed by atoms with van der Waals surface area (Å²) < 4.78 is 13.8. The van der Waals surface area contributed by atoms with Crippen molar-refractivity contribution in [1.29, 1.82) is 0 Å². The summed E-state index contributed by atoms with van der Waals surface area (Å²) in [5, 5.41) is 11.9. The first-order valence-electron chi connectivity index (χ1n) is 6.45. The Bertz CT molecular complexity index is 513. The smallest absolute Gasteiger partial charge is 0.240 e. The molecule has 0 unspecified atom stereocenters. The molecule has 0 fully saturated rings. The molecule has 1 aromatic rings. The van der Waals surface area contributed by atoms with E-state index in [1.807, 2.05) is 0 Å². The molecule has 0 aliphatic heterocycles. The lowest BCUT2D eigenvalue weighted by molar-refractivity contribution is -0.125. The Morgan fingerprint density at radius 3 is 2.40 bits per heavy atom. The first kappa shape index (κ1) is 15.9. The Morgan fingerprint density at radius 1 is 1.40 bits per heavy atom. The normalized spacial score (nSPS) is 12.3. The summed E-state index contributed by atoms with van der Waals surface area (Å²) in [7, 11) is 1.48. The standard InChI is InChI=1S/C14H20FN3O2/c1-4-14(5-2,12(16)17-20)13(19)18(3)11-9-7-6-8-10(11)15/h6-9,20H,4-5H2,1-3H3,(H2,16,17). The average molecular weight is 281 g/mol. The van der Waals surface area contributed by atoms with Gasteiger partial charge in [-0.05, 0) is 25.0 Å². The van der Waals surface area contributed by atoms with E-state index in [1.165, 1.54) is 24.1 Å². The highest BCUT2D eigenvalue weighted by atomic mass is 19.1. The molecule has 1 rings (SSSR count). The van der Waals surface area contributed by atoms with E-state index in [0.717, 1.165) is 0 Å². The van der Waals surface area contributed by atoms with Crippen LogP contribution in [-0.2, 0) is 4.79 Å². The number of para-hydroxylation sites is 1. The van der Waals surface area contributed by atoms with Gasteiger partial charge in [0.1, 0.15) is 11.2 Å². The van der Waals surface area contributed by atoms with Crippen LogP contribution in [0.4, 0.5) is 10.1 Å². The number of nitrogens with two attached hydrogens (primary N) is 1. The van der Waals surface area contributed by atoms with Crippen molar-refractivity contribution in [1.82, 2.24) is 0 Å².